The number of nitrogens with one attached hydrogen (secondary N) is 1. The second-order valence-corrected chi connectivity index (χ2v) is 5.24. The molecule has 1 fully saturated rings. The topological polar surface area (TPSA) is 41.6 Å². The standard InChI is InChI=1S/C16H24N2O2/c1-17-12-16(19)18-10-9-15(13-18)20-11-5-8-14-6-3-2-4-7-14/h2-4,6-7,15,17H,5,8-13H2,1H3. The van der Waals surface area contributed by atoms with Crippen molar-refractivity contribution >= 4 is 5.91 Å². The lowest BCUT2D eigenvalue weighted by molar-refractivity contribution is -0.129. The van der Waals surface area contributed by atoms with Crippen molar-refractivity contribution in [2.24, 2.45) is 0 Å². The van der Waals surface area contributed by atoms with E-state index in [-0.39, 0.29) is 12.0 Å². The molecule has 4 heteroatoms. The van der Waals surface area contributed by atoms with Crippen LogP contribution in [0.2, 0.25) is 0 Å². The molecule has 0 spiro atoms. The Balaban J connectivity index is 1.60. The number of aryl methyl sites for hydroxylation is 1. The van der Waals surface area contributed by atoms with Crippen molar-refractivity contribution in [2.45, 2.75) is 25.4 Å². The number of likely N-dealkylation sites (tertiary alicyclic amines) is 1. The fraction of sp³-hybridized carbons (Fsp3) is 0.562. The molecule has 2 rings (SSSR count). The zero-order valence-corrected chi connectivity index (χ0v) is 12.2. The monoisotopic (exact) mass is 276 g/mol. The lowest BCUT2D eigenvalue weighted by atomic mass is 10.1. The van der Waals surface area contributed by atoms with Crippen LogP contribution in [0.4, 0.5) is 0 Å². The van der Waals surface area contributed by atoms with E-state index in [0.29, 0.717) is 6.54 Å². The maximum absolute atomic E-state index is 11.7. The maximum atomic E-state index is 11.7. The Morgan fingerprint density at radius 2 is 2.20 bits per heavy atom. The van der Waals surface area contributed by atoms with E-state index in [1.807, 2.05) is 11.0 Å². The van der Waals surface area contributed by atoms with Crippen LogP contribution in [0.5, 0.6) is 0 Å². The summed E-state index contributed by atoms with van der Waals surface area (Å²) in [4.78, 5) is 13.6. The average molecular weight is 276 g/mol. The number of carbonyl (C=O) groups is 1. The van der Waals surface area contributed by atoms with E-state index in [4.69, 9.17) is 4.74 Å². The third-order valence-corrected chi connectivity index (χ3v) is 3.63. The molecule has 20 heavy (non-hydrogen) atoms. The summed E-state index contributed by atoms with van der Waals surface area (Å²) in [6.45, 7) is 2.75. The molecule has 1 N–H and O–H groups in total. The molecule has 0 bridgehead atoms. The van der Waals surface area contributed by atoms with Gasteiger partial charge in [-0.3, -0.25) is 4.79 Å². The second-order valence-electron chi connectivity index (χ2n) is 5.24. The Bertz CT molecular complexity index is 408. The number of nitrogens with zero attached hydrogens (tertiary/aromatic N) is 1. The van der Waals surface area contributed by atoms with Crippen molar-refractivity contribution in [1.29, 1.82) is 0 Å². The van der Waals surface area contributed by atoms with E-state index >= 15 is 0 Å². The quantitative estimate of drug-likeness (QED) is 0.767. The SMILES string of the molecule is CNCC(=O)N1CCC(OCCCc2ccccc2)C1. The third-order valence-electron chi connectivity index (χ3n) is 3.63. The first-order valence-corrected chi connectivity index (χ1v) is 7.37. The molecule has 0 radical (unpaired) electrons. The molecular formula is C16H24N2O2. The largest absolute Gasteiger partial charge is 0.376 e. The van der Waals surface area contributed by atoms with Crippen molar-refractivity contribution in [3.8, 4) is 0 Å². The summed E-state index contributed by atoms with van der Waals surface area (Å²) in [7, 11) is 1.80. The summed E-state index contributed by atoms with van der Waals surface area (Å²) >= 11 is 0. The summed E-state index contributed by atoms with van der Waals surface area (Å²) in [6, 6.07) is 10.5. The number of carbonyl (C=O) groups excluding carboxylic acids is 1. The fourth-order valence-electron chi connectivity index (χ4n) is 2.52. The predicted octanol–water partition coefficient (Wildman–Crippen LogP) is 1.46. The number of benzene rings is 1. The van der Waals surface area contributed by atoms with E-state index in [9.17, 15) is 4.79 Å². The van der Waals surface area contributed by atoms with Crippen molar-refractivity contribution in [1.82, 2.24) is 10.2 Å². The smallest absolute Gasteiger partial charge is 0.236 e. The highest BCUT2D eigenvalue weighted by Crippen LogP contribution is 2.13. The van der Waals surface area contributed by atoms with Crippen LogP contribution in [-0.4, -0.2) is 50.2 Å². The number of hydrogen-bond acceptors (Lipinski definition) is 3. The molecule has 0 aliphatic carbocycles. The van der Waals surface area contributed by atoms with E-state index in [1.54, 1.807) is 7.05 Å². The lowest BCUT2D eigenvalue weighted by Crippen LogP contribution is -2.36. The molecule has 1 aliphatic heterocycles. The van der Waals surface area contributed by atoms with Gasteiger partial charge in [0.15, 0.2) is 0 Å². The first-order valence-electron chi connectivity index (χ1n) is 7.37. The summed E-state index contributed by atoms with van der Waals surface area (Å²) in [5.74, 6) is 0.169. The number of hydrogen-bond donors (Lipinski definition) is 1. The van der Waals surface area contributed by atoms with Gasteiger partial charge in [-0.15, -0.1) is 0 Å². The van der Waals surface area contributed by atoms with Gasteiger partial charge in [0.25, 0.3) is 0 Å². The van der Waals surface area contributed by atoms with Gasteiger partial charge in [-0.1, -0.05) is 30.3 Å². The molecule has 4 nitrogen and oxygen atoms in total. The van der Waals surface area contributed by atoms with Gasteiger partial charge < -0.3 is 15.0 Å². The molecule has 1 atom stereocenters. The average Bonchev–Trinajstić information content (AvgIpc) is 2.94. The van der Waals surface area contributed by atoms with Gasteiger partial charge >= 0.3 is 0 Å². The second kappa shape index (κ2) is 8.02. The Morgan fingerprint density at radius 3 is 2.95 bits per heavy atom. The highest BCUT2D eigenvalue weighted by molar-refractivity contribution is 5.78. The highest BCUT2D eigenvalue weighted by Gasteiger charge is 2.25. The van der Waals surface area contributed by atoms with Crippen LogP contribution in [0.1, 0.15) is 18.4 Å². The van der Waals surface area contributed by atoms with E-state index in [2.05, 4.69) is 29.6 Å². The molecule has 0 aromatic heterocycles. The fourth-order valence-corrected chi connectivity index (χ4v) is 2.52. The number of amides is 1. The molecule has 1 heterocycles. The van der Waals surface area contributed by atoms with Gasteiger partial charge in [-0.05, 0) is 31.9 Å². The van der Waals surface area contributed by atoms with Gasteiger partial charge in [-0.25, -0.2) is 0 Å². The van der Waals surface area contributed by atoms with Crippen LogP contribution in [0.3, 0.4) is 0 Å². The van der Waals surface area contributed by atoms with Crippen molar-refractivity contribution in [3.63, 3.8) is 0 Å². The predicted molar refractivity (Wildman–Crippen MR) is 79.6 cm³/mol. The van der Waals surface area contributed by atoms with Gasteiger partial charge in [0.05, 0.1) is 12.6 Å². The minimum absolute atomic E-state index is 0.169. The van der Waals surface area contributed by atoms with Gasteiger partial charge in [0, 0.05) is 19.7 Å². The first-order chi connectivity index (χ1) is 9.79. The maximum Gasteiger partial charge on any atom is 0.236 e. The molecule has 1 unspecified atom stereocenters. The summed E-state index contributed by atoms with van der Waals surface area (Å²) in [5.41, 5.74) is 1.35. The Kier molecular flexibility index (Phi) is 6.02. The minimum Gasteiger partial charge on any atom is -0.376 e. The zero-order chi connectivity index (χ0) is 14.2. The Morgan fingerprint density at radius 1 is 1.40 bits per heavy atom. The zero-order valence-electron chi connectivity index (χ0n) is 12.2. The van der Waals surface area contributed by atoms with E-state index in [1.165, 1.54) is 5.56 Å². The minimum atomic E-state index is 0.169. The number of rotatable bonds is 7. The summed E-state index contributed by atoms with van der Waals surface area (Å²) in [6.07, 6.45) is 3.26. The molecule has 1 amide bonds. The molecule has 1 aliphatic rings. The molecular weight excluding hydrogens is 252 g/mol. The summed E-state index contributed by atoms with van der Waals surface area (Å²) in [5, 5.41) is 2.90. The van der Waals surface area contributed by atoms with Crippen LogP contribution in [-0.2, 0) is 16.0 Å². The lowest BCUT2D eigenvalue weighted by Gasteiger charge is -2.16. The molecule has 1 aromatic rings. The van der Waals surface area contributed by atoms with Crippen LogP contribution >= 0.6 is 0 Å². The van der Waals surface area contributed by atoms with Gasteiger partial charge in [-0.2, -0.15) is 0 Å². The van der Waals surface area contributed by atoms with E-state index < -0.39 is 0 Å². The first kappa shape index (κ1) is 15.0. The Labute approximate surface area is 121 Å². The van der Waals surface area contributed by atoms with Crippen molar-refractivity contribution in [2.75, 3.05) is 33.3 Å². The van der Waals surface area contributed by atoms with Crippen LogP contribution < -0.4 is 5.32 Å². The third kappa shape index (κ3) is 4.62. The molecule has 0 saturated carbocycles. The molecule has 1 aromatic carbocycles. The van der Waals surface area contributed by atoms with Crippen LogP contribution in [0.25, 0.3) is 0 Å². The van der Waals surface area contributed by atoms with Gasteiger partial charge in [0.1, 0.15) is 0 Å². The van der Waals surface area contributed by atoms with Crippen molar-refractivity contribution < 1.29 is 9.53 Å². The highest BCUT2D eigenvalue weighted by atomic mass is 16.5. The van der Waals surface area contributed by atoms with Crippen LogP contribution in [0.15, 0.2) is 30.3 Å². The van der Waals surface area contributed by atoms with Crippen molar-refractivity contribution in [3.05, 3.63) is 35.9 Å². The molecule has 110 valence electrons. The summed E-state index contributed by atoms with van der Waals surface area (Å²) < 4.78 is 5.87. The van der Waals surface area contributed by atoms with E-state index in [0.717, 1.165) is 39.0 Å². The van der Waals surface area contributed by atoms with Crippen LogP contribution in [0, 0.1) is 0 Å². The number of ether oxygens (including phenoxy) is 1. The number of likely N-dealkylation sites (N-methyl/N-ethyl adjacent to an activating group) is 1. The van der Waals surface area contributed by atoms with Gasteiger partial charge in [0.2, 0.25) is 5.91 Å². The molecule has 1 saturated heterocycles. The normalized spacial score (nSPS) is 18.4. The Hall–Kier alpha value is -1.39.